The molecule has 18 heavy (non-hydrogen) atoms. The molecule has 0 spiro atoms. The fraction of sp³-hybridized carbons (Fsp3) is 0.455. The quantitative estimate of drug-likeness (QED) is 0.840. The van der Waals surface area contributed by atoms with Gasteiger partial charge in [0.2, 0.25) is 0 Å². The van der Waals surface area contributed by atoms with E-state index in [1.54, 1.807) is 0 Å². The van der Waals surface area contributed by atoms with Crippen molar-refractivity contribution in [2.24, 2.45) is 0 Å². The van der Waals surface area contributed by atoms with Crippen LogP contribution in [0.1, 0.15) is 24.5 Å². The Morgan fingerprint density at radius 3 is 2.39 bits per heavy atom. The van der Waals surface area contributed by atoms with E-state index in [2.05, 4.69) is 0 Å². The predicted octanol–water partition coefficient (Wildman–Crippen LogP) is 1.96. The largest absolute Gasteiger partial charge is 0.388 e. The van der Waals surface area contributed by atoms with Crippen molar-refractivity contribution in [2.75, 3.05) is 12.0 Å². The van der Waals surface area contributed by atoms with Gasteiger partial charge in [-0.25, -0.2) is 21.6 Å². The molecule has 102 valence electrons. The smallest absolute Gasteiger partial charge is 0.194 e. The van der Waals surface area contributed by atoms with Gasteiger partial charge in [-0.05, 0) is 18.9 Å². The molecule has 1 N–H and O–H groups in total. The highest BCUT2D eigenvalue weighted by atomic mass is 32.2. The Hall–Kier alpha value is -1.08. The molecule has 0 aliphatic rings. The normalized spacial score (nSPS) is 13.6. The first-order valence-corrected chi connectivity index (χ1v) is 7.27. The van der Waals surface area contributed by atoms with Crippen LogP contribution in [0.2, 0.25) is 0 Å². The van der Waals surface area contributed by atoms with Gasteiger partial charge in [0.25, 0.3) is 0 Å². The van der Waals surface area contributed by atoms with E-state index in [1.807, 2.05) is 0 Å². The molecular formula is C11H13F3O3S. The molecule has 7 heteroatoms. The number of aliphatic hydroxyl groups is 1. The lowest BCUT2D eigenvalue weighted by Gasteiger charge is -2.12. The Morgan fingerprint density at radius 1 is 1.22 bits per heavy atom. The summed E-state index contributed by atoms with van der Waals surface area (Å²) in [5, 5.41) is 9.59. The van der Waals surface area contributed by atoms with Crippen LogP contribution < -0.4 is 0 Å². The first kappa shape index (κ1) is 15.0. The molecule has 0 radical (unpaired) electrons. The van der Waals surface area contributed by atoms with Gasteiger partial charge in [0.1, 0.15) is 9.84 Å². The highest BCUT2D eigenvalue weighted by Crippen LogP contribution is 2.24. The Balaban J connectivity index is 2.73. The number of aliphatic hydroxyl groups excluding tert-OH is 1. The second kappa shape index (κ2) is 5.71. The number of benzene rings is 1. The first-order chi connectivity index (χ1) is 8.22. The van der Waals surface area contributed by atoms with Gasteiger partial charge in [-0.3, -0.25) is 0 Å². The fourth-order valence-corrected chi connectivity index (χ4v) is 2.18. The second-order valence-corrected chi connectivity index (χ2v) is 6.31. The number of hydrogen-bond donors (Lipinski definition) is 1. The topological polar surface area (TPSA) is 54.4 Å². The second-order valence-electron chi connectivity index (χ2n) is 4.05. The molecule has 0 amide bonds. The molecule has 0 bridgehead atoms. The van der Waals surface area contributed by atoms with Crippen molar-refractivity contribution in [3.05, 3.63) is 35.1 Å². The predicted molar refractivity (Wildman–Crippen MR) is 60.2 cm³/mol. The standard InChI is InChI=1S/C11H13F3O3S/c1-18(16,17)6-2-3-9(15)7-4-5-8(12)11(14)10(7)13/h4-5,9,15H,2-3,6H2,1H3. The molecule has 1 atom stereocenters. The summed E-state index contributed by atoms with van der Waals surface area (Å²) in [7, 11) is -3.17. The van der Waals surface area contributed by atoms with Crippen molar-refractivity contribution in [2.45, 2.75) is 18.9 Å². The van der Waals surface area contributed by atoms with Crippen LogP contribution in [0.5, 0.6) is 0 Å². The van der Waals surface area contributed by atoms with E-state index < -0.39 is 33.4 Å². The minimum atomic E-state index is -3.17. The molecule has 0 saturated carbocycles. The molecule has 0 aliphatic carbocycles. The maximum absolute atomic E-state index is 13.3. The number of halogens is 3. The van der Waals surface area contributed by atoms with Gasteiger partial charge in [0.05, 0.1) is 6.10 Å². The van der Waals surface area contributed by atoms with E-state index in [0.29, 0.717) is 6.07 Å². The lowest BCUT2D eigenvalue weighted by molar-refractivity contribution is 0.160. The molecule has 1 aromatic rings. The minimum Gasteiger partial charge on any atom is -0.388 e. The average molecular weight is 282 g/mol. The Bertz CT molecular complexity index is 529. The average Bonchev–Trinajstić information content (AvgIpc) is 2.24. The van der Waals surface area contributed by atoms with Crippen LogP contribution in [0.25, 0.3) is 0 Å². The van der Waals surface area contributed by atoms with Gasteiger partial charge in [0, 0.05) is 17.6 Å². The van der Waals surface area contributed by atoms with Crippen molar-refractivity contribution in [1.82, 2.24) is 0 Å². The van der Waals surface area contributed by atoms with Gasteiger partial charge >= 0.3 is 0 Å². The molecule has 1 aromatic carbocycles. The first-order valence-electron chi connectivity index (χ1n) is 5.21. The lowest BCUT2D eigenvalue weighted by Crippen LogP contribution is -2.08. The summed E-state index contributed by atoms with van der Waals surface area (Å²) < 4.78 is 60.5. The molecule has 3 nitrogen and oxygen atoms in total. The van der Waals surface area contributed by atoms with Gasteiger partial charge < -0.3 is 5.11 Å². The summed E-state index contributed by atoms with van der Waals surface area (Å²) in [5.41, 5.74) is -0.373. The third-order valence-corrected chi connectivity index (χ3v) is 3.45. The molecule has 0 aliphatic heterocycles. The third kappa shape index (κ3) is 3.99. The summed E-state index contributed by atoms with van der Waals surface area (Å²) in [4.78, 5) is 0. The zero-order chi connectivity index (χ0) is 13.9. The summed E-state index contributed by atoms with van der Waals surface area (Å²) >= 11 is 0. The molecule has 0 fully saturated rings. The van der Waals surface area contributed by atoms with Crippen molar-refractivity contribution in [3.63, 3.8) is 0 Å². The summed E-state index contributed by atoms with van der Waals surface area (Å²) in [5.74, 6) is -4.58. The van der Waals surface area contributed by atoms with E-state index in [0.717, 1.165) is 12.3 Å². The van der Waals surface area contributed by atoms with Crippen molar-refractivity contribution < 1.29 is 26.7 Å². The maximum Gasteiger partial charge on any atom is 0.194 e. The van der Waals surface area contributed by atoms with Gasteiger partial charge in [-0.15, -0.1) is 0 Å². The van der Waals surface area contributed by atoms with E-state index in [9.17, 15) is 26.7 Å². The van der Waals surface area contributed by atoms with Crippen LogP contribution >= 0.6 is 0 Å². The van der Waals surface area contributed by atoms with Crippen LogP contribution in [0.15, 0.2) is 12.1 Å². The number of hydrogen-bond acceptors (Lipinski definition) is 3. The van der Waals surface area contributed by atoms with Gasteiger partial charge in [-0.2, -0.15) is 0 Å². The lowest BCUT2D eigenvalue weighted by atomic mass is 10.0. The van der Waals surface area contributed by atoms with Gasteiger partial charge in [-0.1, -0.05) is 6.07 Å². The van der Waals surface area contributed by atoms with Crippen LogP contribution in [0, 0.1) is 17.5 Å². The maximum atomic E-state index is 13.3. The van der Waals surface area contributed by atoms with Crippen LogP contribution in [0.3, 0.4) is 0 Å². The van der Waals surface area contributed by atoms with E-state index in [-0.39, 0.29) is 24.2 Å². The van der Waals surface area contributed by atoms with Crippen molar-refractivity contribution >= 4 is 9.84 Å². The Labute approximate surface area is 103 Å². The third-order valence-electron chi connectivity index (χ3n) is 2.42. The number of rotatable bonds is 5. The van der Waals surface area contributed by atoms with Crippen molar-refractivity contribution in [3.8, 4) is 0 Å². The van der Waals surface area contributed by atoms with E-state index in [1.165, 1.54) is 0 Å². The summed E-state index contributed by atoms with van der Waals surface area (Å²) in [6, 6.07) is 1.66. The molecule has 1 unspecified atom stereocenters. The molecule has 0 aromatic heterocycles. The Morgan fingerprint density at radius 2 is 1.83 bits per heavy atom. The summed E-state index contributed by atoms with van der Waals surface area (Å²) in [6.45, 7) is 0. The van der Waals surface area contributed by atoms with Crippen LogP contribution in [-0.4, -0.2) is 25.5 Å². The summed E-state index contributed by atoms with van der Waals surface area (Å²) in [6.07, 6.45) is -0.257. The van der Waals surface area contributed by atoms with Crippen LogP contribution in [0.4, 0.5) is 13.2 Å². The monoisotopic (exact) mass is 282 g/mol. The number of sulfone groups is 1. The zero-order valence-corrected chi connectivity index (χ0v) is 10.5. The Kier molecular flexibility index (Phi) is 4.75. The van der Waals surface area contributed by atoms with Gasteiger partial charge in [0.15, 0.2) is 17.5 Å². The molecule has 0 heterocycles. The van der Waals surface area contributed by atoms with Crippen LogP contribution in [-0.2, 0) is 9.84 Å². The van der Waals surface area contributed by atoms with E-state index in [4.69, 9.17) is 0 Å². The fourth-order valence-electron chi connectivity index (χ4n) is 1.49. The molecular weight excluding hydrogens is 269 g/mol. The molecule has 0 saturated heterocycles. The highest BCUT2D eigenvalue weighted by molar-refractivity contribution is 7.90. The molecule has 1 rings (SSSR count). The van der Waals surface area contributed by atoms with E-state index >= 15 is 0 Å². The SMILES string of the molecule is CS(=O)(=O)CCCC(O)c1ccc(F)c(F)c1F. The highest BCUT2D eigenvalue weighted by Gasteiger charge is 2.19. The van der Waals surface area contributed by atoms with Crippen molar-refractivity contribution in [1.29, 1.82) is 0 Å². The zero-order valence-electron chi connectivity index (χ0n) is 9.66. The minimum absolute atomic E-state index is 0.0466.